The quantitative estimate of drug-likeness (QED) is 0.823. The monoisotopic (exact) mass is 246 g/mol. The van der Waals surface area contributed by atoms with Crippen molar-refractivity contribution in [1.82, 2.24) is 5.32 Å². The van der Waals surface area contributed by atoms with Gasteiger partial charge >= 0.3 is 0 Å². The summed E-state index contributed by atoms with van der Waals surface area (Å²) in [5, 5.41) is 3.60. The Hall–Kier alpha value is -1.22. The Morgan fingerprint density at radius 1 is 1.28 bits per heavy atom. The summed E-state index contributed by atoms with van der Waals surface area (Å²) in [7, 11) is 0. The van der Waals surface area contributed by atoms with E-state index in [9.17, 15) is 0 Å². The van der Waals surface area contributed by atoms with Crippen molar-refractivity contribution >= 4 is 5.69 Å². The van der Waals surface area contributed by atoms with Crippen molar-refractivity contribution < 1.29 is 4.74 Å². The van der Waals surface area contributed by atoms with Gasteiger partial charge in [-0.25, -0.2) is 0 Å². The number of hydrogen-bond acceptors (Lipinski definition) is 3. The van der Waals surface area contributed by atoms with E-state index >= 15 is 0 Å². The Bertz CT molecular complexity index is 399. The first-order chi connectivity index (χ1) is 8.84. The molecule has 2 aliphatic rings. The summed E-state index contributed by atoms with van der Waals surface area (Å²) in [6, 6.07) is 9.73. The zero-order valence-electron chi connectivity index (χ0n) is 11.1. The maximum Gasteiger partial charge on any atom is 0.142 e. The summed E-state index contributed by atoms with van der Waals surface area (Å²) < 4.78 is 5.83. The molecular formula is C15H22N2O. The van der Waals surface area contributed by atoms with Gasteiger partial charge in [0, 0.05) is 25.2 Å². The molecule has 0 radical (unpaired) electrons. The molecule has 3 heteroatoms. The molecule has 0 amide bonds. The molecule has 3 nitrogen and oxygen atoms in total. The third-order valence-corrected chi connectivity index (χ3v) is 4.05. The second-order valence-corrected chi connectivity index (χ2v) is 5.40. The minimum absolute atomic E-state index is 0.615. The van der Waals surface area contributed by atoms with Crippen molar-refractivity contribution in [2.75, 3.05) is 24.6 Å². The SMILES string of the molecule is CC1CCC(N2CCCOc3ccccc32)CN1. The van der Waals surface area contributed by atoms with Gasteiger partial charge < -0.3 is 15.0 Å². The number of para-hydroxylation sites is 2. The standard InChI is InChI=1S/C15H22N2O/c1-12-7-8-13(11-16-12)17-9-4-10-18-15-6-3-2-5-14(15)17/h2-3,5-6,12-13,16H,4,7-11H2,1H3. The Balaban J connectivity index is 1.83. The molecule has 0 aromatic heterocycles. The predicted molar refractivity (Wildman–Crippen MR) is 74.4 cm³/mol. The van der Waals surface area contributed by atoms with Crippen LogP contribution in [0.2, 0.25) is 0 Å². The zero-order chi connectivity index (χ0) is 12.4. The van der Waals surface area contributed by atoms with Gasteiger partial charge in [0.15, 0.2) is 0 Å². The van der Waals surface area contributed by atoms with E-state index < -0.39 is 0 Å². The van der Waals surface area contributed by atoms with E-state index in [2.05, 4.69) is 41.4 Å². The van der Waals surface area contributed by atoms with E-state index in [-0.39, 0.29) is 0 Å². The van der Waals surface area contributed by atoms with Crippen LogP contribution in [0.3, 0.4) is 0 Å². The Kier molecular flexibility index (Phi) is 3.41. The number of ether oxygens (including phenoxy) is 1. The number of benzene rings is 1. The molecule has 0 saturated carbocycles. The smallest absolute Gasteiger partial charge is 0.142 e. The summed E-state index contributed by atoms with van der Waals surface area (Å²) in [5.41, 5.74) is 1.27. The minimum atomic E-state index is 0.615. The lowest BCUT2D eigenvalue weighted by atomic mass is 10.00. The molecular weight excluding hydrogens is 224 g/mol. The molecule has 0 aliphatic carbocycles. The second-order valence-electron chi connectivity index (χ2n) is 5.40. The lowest BCUT2D eigenvalue weighted by molar-refractivity contribution is 0.320. The van der Waals surface area contributed by atoms with Gasteiger partial charge in [-0.2, -0.15) is 0 Å². The molecule has 1 aromatic rings. The Morgan fingerprint density at radius 2 is 2.17 bits per heavy atom. The van der Waals surface area contributed by atoms with Crippen LogP contribution < -0.4 is 15.0 Å². The van der Waals surface area contributed by atoms with Crippen molar-refractivity contribution in [1.29, 1.82) is 0 Å². The molecule has 2 atom stereocenters. The van der Waals surface area contributed by atoms with Crippen molar-refractivity contribution in [3.63, 3.8) is 0 Å². The summed E-state index contributed by atoms with van der Waals surface area (Å²) in [6.45, 7) is 5.31. The lowest BCUT2D eigenvalue weighted by Gasteiger charge is -2.37. The summed E-state index contributed by atoms with van der Waals surface area (Å²) in [5.74, 6) is 1.05. The fourth-order valence-electron chi connectivity index (χ4n) is 2.98. The average molecular weight is 246 g/mol. The minimum Gasteiger partial charge on any atom is -0.491 e. The first kappa shape index (κ1) is 11.8. The van der Waals surface area contributed by atoms with Crippen molar-refractivity contribution in [2.24, 2.45) is 0 Å². The van der Waals surface area contributed by atoms with Crippen LogP contribution in [0.5, 0.6) is 5.75 Å². The topological polar surface area (TPSA) is 24.5 Å². The Labute approximate surface area is 109 Å². The van der Waals surface area contributed by atoms with Gasteiger partial charge in [0.25, 0.3) is 0 Å². The van der Waals surface area contributed by atoms with Crippen LogP contribution in [-0.4, -0.2) is 31.8 Å². The van der Waals surface area contributed by atoms with Crippen LogP contribution in [0.15, 0.2) is 24.3 Å². The molecule has 1 fully saturated rings. The number of rotatable bonds is 1. The summed E-state index contributed by atoms with van der Waals surface area (Å²) in [6.07, 6.45) is 3.66. The van der Waals surface area contributed by atoms with Gasteiger partial charge in [0.2, 0.25) is 0 Å². The molecule has 2 heterocycles. The molecule has 0 bridgehead atoms. The van der Waals surface area contributed by atoms with Gasteiger partial charge in [-0.3, -0.25) is 0 Å². The highest BCUT2D eigenvalue weighted by Crippen LogP contribution is 2.33. The van der Waals surface area contributed by atoms with Gasteiger partial charge in [0.05, 0.1) is 12.3 Å². The number of fused-ring (bicyclic) bond motifs is 1. The van der Waals surface area contributed by atoms with Crippen molar-refractivity contribution in [3.8, 4) is 5.75 Å². The van der Waals surface area contributed by atoms with Crippen LogP contribution in [0.4, 0.5) is 5.69 Å². The first-order valence-electron chi connectivity index (χ1n) is 7.06. The van der Waals surface area contributed by atoms with Gasteiger partial charge in [-0.15, -0.1) is 0 Å². The molecule has 2 unspecified atom stereocenters. The van der Waals surface area contributed by atoms with Crippen LogP contribution in [0.25, 0.3) is 0 Å². The molecule has 1 saturated heterocycles. The van der Waals surface area contributed by atoms with Crippen LogP contribution in [-0.2, 0) is 0 Å². The second kappa shape index (κ2) is 5.19. The number of piperidine rings is 1. The first-order valence-corrected chi connectivity index (χ1v) is 7.06. The van der Waals surface area contributed by atoms with Crippen LogP contribution in [0, 0.1) is 0 Å². The van der Waals surface area contributed by atoms with Crippen molar-refractivity contribution in [2.45, 2.75) is 38.3 Å². The molecule has 18 heavy (non-hydrogen) atoms. The maximum atomic E-state index is 5.83. The van der Waals surface area contributed by atoms with Gasteiger partial charge in [-0.05, 0) is 38.3 Å². The van der Waals surface area contributed by atoms with E-state index in [0.717, 1.165) is 31.9 Å². The molecule has 1 N–H and O–H groups in total. The normalized spacial score (nSPS) is 28.2. The highest BCUT2D eigenvalue weighted by atomic mass is 16.5. The zero-order valence-corrected chi connectivity index (χ0v) is 11.1. The predicted octanol–water partition coefficient (Wildman–Crippen LogP) is 2.42. The highest BCUT2D eigenvalue weighted by Gasteiger charge is 2.26. The van der Waals surface area contributed by atoms with Crippen molar-refractivity contribution in [3.05, 3.63) is 24.3 Å². The number of nitrogens with one attached hydrogen (secondary N) is 1. The number of hydrogen-bond donors (Lipinski definition) is 1. The van der Waals surface area contributed by atoms with E-state index in [4.69, 9.17) is 4.74 Å². The van der Waals surface area contributed by atoms with Gasteiger partial charge in [0.1, 0.15) is 5.75 Å². The molecule has 3 rings (SSSR count). The van der Waals surface area contributed by atoms with E-state index in [1.165, 1.54) is 18.5 Å². The third kappa shape index (κ3) is 2.32. The lowest BCUT2D eigenvalue weighted by Crippen LogP contribution is -2.49. The average Bonchev–Trinajstić information content (AvgIpc) is 2.62. The molecule has 2 aliphatic heterocycles. The largest absolute Gasteiger partial charge is 0.491 e. The van der Waals surface area contributed by atoms with Crippen LogP contribution >= 0.6 is 0 Å². The number of nitrogens with zero attached hydrogens (tertiary/aromatic N) is 1. The molecule has 0 spiro atoms. The molecule has 1 aromatic carbocycles. The summed E-state index contributed by atoms with van der Waals surface area (Å²) >= 11 is 0. The fourth-order valence-corrected chi connectivity index (χ4v) is 2.98. The maximum absolute atomic E-state index is 5.83. The summed E-state index contributed by atoms with van der Waals surface area (Å²) in [4.78, 5) is 2.54. The van der Waals surface area contributed by atoms with E-state index in [1.54, 1.807) is 0 Å². The van der Waals surface area contributed by atoms with E-state index in [0.29, 0.717) is 12.1 Å². The third-order valence-electron chi connectivity index (χ3n) is 4.05. The Morgan fingerprint density at radius 3 is 3.00 bits per heavy atom. The highest BCUT2D eigenvalue weighted by molar-refractivity contribution is 5.59. The fraction of sp³-hybridized carbons (Fsp3) is 0.600. The van der Waals surface area contributed by atoms with Gasteiger partial charge in [-0.1, -0.05) is 12.1 Å². The van der Waals surface area contributed by atoms with E-state index in [1.807, 2.05) is 0 Å². The molecule has 98 valence electrons. The van der Waals surface area contributed by atoms with Crippen LogP contribution in [0.1, 0.15) is 26.2 Å². The number of anilines is 1.